The van der Waals surface area contributed by atoms with Crippen molar-refractivity contribution in [3.8, 4) is 5.75 Å². The molecule has 4 nitrogen and oxygen atoms in total. The second-order valence-electron chi connectivity index (χ2n) is 4.92. The standard InChI is InChI=1S/C16H17FN2O2/c1-10-5-11(2)7-12(6-10)9-21-15-4-3-13(8-14(15)17)16(18)19-20/h3-8,20H,9H2,1-2H3,(H2,18,19). The Morgan fingerprint density at radius 3 is 2.43 bits per heavy atom. The number of rotatable bonds is 4. The van der Waals surface area contributed by atoms with E-state index in [9.17, 15) is 4.39 Å². The Balaban J connectivity index is 2.13. The molecule has 0 amide bonds. The number of amidine groups is 1. The molecule has 3 N–H and O–H groups in total. The maximum absolute atomic E-state index is 13.9. The minimum absolute atomic E-state index is 0.128. The number of oxime groups is 1. The van der Waals surface area contributed by atoms with Crippen molar-refractivity contribution in [2.75, 3.05) is 0 Å². The second kappa shape index (κ2) is 6.26. The predicted octanol–water partition coefficient (Wildman–Crippen LogP) is 3.12. The molecule has 0 aliphatic rings. The highest BCUT2D eigenvalue weighted by Crippen LogP contribution is 2.20. The normalized spacial score (nSPS) is 11.5. The van der Waals surface area contributed by atoms with Crippen LogP contribution in [-0.2, 0) is 6.61 Å². The number of benzene rings is 2. The van der Waals surface area contributed by atoms with E-state index in [0.29, 0.717) is 5.56 Å². The fraction of sp³-hybridized carbons (Fsp3) is 0.188. The van der Waals surface area contributed by atoms with Crippen LogP contribution in [0.3, 0.4) is 0 Å². The Hall–Kier alpha value is -2.56. The van der Waals surface area contributed by atoms with E-state index >= 15 is 0 Å². The van der Waals surface area contributed by atoms with Crippen molar-refractivity contribution in [2.45, 2.75) is 20.5 Å². The molecule has 0 heterocycles. The first kappa shape index (κ1) is 14.8. The van der Waals surface area contributed by atoms with Gasteiger partial charge < -0.3 is 15.7 Å². The van der Waals surface area contributed by atoms with Gasteiger partial charge in [0, 0.05) is 5.56 Å². The van der Waals surface area contributed by atoms with E-state index in [0.717, 1.165) is 16.7 Å². The van der Waals surface area contributed by atoms with Crippen LogP contribution in [0, 0.1) is 19.7 Å². The number of ether oxygens (including phenoxy) is 1. The third-order valence-corrected chi connectivity index (χ3v) is 3.01. The van der Waals surface area contributed by atoms with Crippen molar-refractivity contribution in [1.29, 1.82) is 0 Å². The molecule has 0 atom stereocenters. The third-order valence-electron chi connectivity index (χ3n) is 3.01. The van der Waals surface area contributed by atoms with Crippen LogP contribution in [0.25, 0.3) is 0 Å². The number of nitrogens with zero attached hydrogens (tertiary/aromatic N) is 1. The smallest absolute Gasteiger partial charge is 0.170 e. The highest BCUT2D eigenvalue weighted by molar-refractivity contribution is 5.97. The van der Waals surface area contributed by atoms with E-state index in [1.54, 1.807) is 0 Å². The van der Waals surface area contributed by atoms with Crippen molar-refractivity contribution in [3.05, 3.63) is 64.5 Å². The Morgan fingerprint density at radius 1 is 1.19 bits per heavy atom. The summed E-state index contributed by atoms with van der Waals surface area (Å²) in [6, 6.07) is 10.2. The summed E-state index contributed by atoms with van der Waals surface area (Å²) in [7, 11) is 0. The van der Waals surface area contributed by atoms with Crippen LogP contribution < -0.4 is 10.5 Å². The van der Waals surface area contributed by atoms with Gasteiger partial charge in [0.2, 0.25) is 0 Å². The number of hydrogen-bond donors (Lipinski definition) is 2. The zero-order chi connectivity index (χ0) is 15.4. The molecule has 0 aliphatic heterocycles. The molecule has 2 aromatic rings. The van der Waals surface area contributed by atoms with E-state index < -0.39 is 5.82 Å². The topological polar surface area (TPSA) is 67.8 Å². The second-order valence-corrected chi connectivity index (χ2v) is 4.92. The summed E-state index contributed by atoms with van der Waals surface area (Å²) in [6.07, 6.45) is 0. The van der Waals surface area contributed by atoms with Crippen molar-refractivity contribution in [1.82, 2.24) is 0 Å². The molecule has 5 heteroatoms. The van der Waals surface area contributed by atoms with E-state index in [1.807, 2.05) is 26.0 Å². The monoisotopic (exact) mass is 288 g/mol. The lowest BCUT2D eigenvalue weighted by Crippen LogP contribution is -2.13. The van der Waals surface area contributed by atoms with Gasteiger partial charge >= 0.3 is 0 Å². The first-order chi connectivity index (χ1) is 9.99. The van der Waals surface area contributed by atoms with Crippen molar-refractivity contribution >= 4 is 5.84 Å². The summed E-state index contributed by atoms with van der Waals surface area (Å²) in [5, 5.41) is 11.4. The van der Waals surface area contributed by atoms with Crippen LogP contribution in [0.5, 0.6) is 5.75 Å². The van der Waals surface area contributed by atoms with E-state index in [2.05, 4.69) is 11.2 Å². The molecule has 2 rings (SSSR count). The molecular weight excluding hydrogens is 271 g/mol. The van der Waals surface area contributed by atoms with Gasteiger partial charge in [-0.1, -0.05) is 34.5 Å². The van der Waals surface area contributed by atoms with Gasteiger partial charge in [0.25, 0.3) is 0 Å². The SMILES string of the molecule is Cc1cc(C)cc(COc2ccc(/C(N)=N/O)cc2F)c1. The minimum Gasteiger partial charge on any atom is -0.486 e. The van der Waals surface area contributed by atoms with Gasteiger partial charge in [-0.25, -0.2) is 4.39 Å². The van der Waals surface area contributed by atoms with Gasteiger partial charge in [0.1, 0.15) is 6.61 Å². The van der Waals surface area contributed by atoms with E-state index in [4.69, 9.17) is 15.7 Å². The predicted molar refractivity (Wildman–Crippen MR) is 79.2 cm³/mol. The van der Waals surface area contributed by atoms with Gasteiger partial charge in [0.15, 0.2) is 17.4 Å². The van der Waals surface area contributed by atoms with Crippen molar-refractivity contribution in [2.24, 2.45) is 10.9 Å². The summed E-state index contributed by atoms with van der Waals surface area (Å²) < 4.78 is 19.4. The first-order valence-electron chi connectivity index (χ1n) is 6.47. The Kier molecular flexibility index (Phi) is 4.42. The van der Waals surface area contributed by atoms with Crippen LogP contribution >= 0.6 is 0 Å². The highest BCUT2D eigenvalue weighted by atomic mass is 19.1. The molecule has 0 fully saturated rings. The quantitative estimate of drug-likeness (QED) is 0.393. The molecule has 0 unspecified atom stereocenters. The largest absolute Gasteiger partial charge is 0.486 e. The van der Waals surface area contributed by atoms with Gasteiger partial charge in [-0.05, 0) is 37.6 Å². The number of nitrogens with two attached hydrogens (primary N) is 1. The lowest BCUT2D eigenvalue weighted by atomic mass is 10.1. The number of halogens is 1. The lowest BCUT2D eigenvalue weighted by Gasteiger charge is -2.10. The van der Waals surface area contributed by atoms with Gasteiger partial charge in [0.05, 0.1) is 0 Å². The zero-order valence-electron chi connectivity index (χ0n) is 11.9. The van der Waals surface area contributed by atoms with Gasteiger partial charge in [-0.2, -0.15) is 0 Å². The molecule has 21 heavy (non-hydrogen) atoms. The Morgan fingerprint density at radius 2 is 1.86 bits per heavy atom. The van der Waals surface area contributed by atoms with Crippen LogP contribution in [0.2, 0.25) is 0 Å². The van der Waals surface area contributed by atoms with Crippen molar-refractivity contribution < 1.29 is 14.3 Å². The van der Waals surface area contributed by atoms with Crippen molar-refractivity contribution in [3.63, 3.8) is 0 Å². The summed E-state index contributed by atoms with van der Waals surface area (Å²) in [5.41, 5.74) is 8.95. The maximum Gasteiger partial charge on any atom is 0.170 e. The Bertz CT molecular complexity index is 664. The average Bonchev–Trinajstić information content (AvgIpc) is 2.44. The molecule has 0 bridgehead atoms. The fourth-order valence-electron chi connectivity index (χ4n) is 2.15. The summed E-state index contributed by atoms with van der Waals surface area (Å²) in [6.45, 7) is 4.29. The Labute approximate surface area is 122 Å². The molecule has 0 saturated heterocycles. The summed E-state index contributed by atoms with van der Waals surface area (Å²) in [5.74, 6) is -0.568. The molecule has 0 aromatic heterocycles. The van der Waals surface area contributed by atoms with Crippen LogP contribution in [0.4, 0.5) is 4.39 Å². The van der Waals surface area contributed by atoms with Crippen LogP contribution in [-0.4, -0.2) is 11.0 Å². The van der Waals surface area contributed by atoms with Gasteiger partial charge in [-0.3, -0.25) is 0 Å². The maximum atomic E-state index is 13.9. The van der Waals surface area contributed by atoms with Gasteiger partial charge in [-0.15, -0.1) is 0 Å². The first-order valence-corrected chi connectivity index (χ1v) is 6.47. The molecule has 2 aromatic carbocycles. The summed E-state index contributed by atoms with van der Waals surface area (Å²) >= 11 is 0. The van der Waals surface area contributed by atoms with Crippen LogP contribution in [0.1, 0.15) is 22.3 Å². The number of hydrogen-bond acceptors (Lipinski definition) is 3. The van der Waals surface area contributed by atoms with Crippen LogP contribution in [0.15, 0.2) is 41.6 Å². The molecule has 0 saturated carbocycles. The fourth-order valence-corrected chi connectivity index (χ4v) is 2.15. The lowest BCUT2D eigenvalue weighted by molar-refractivity contribution is 0.290. The molecular formula is C16H17FN2O2. The zero-order valence-corrected chi connectivity index (χ0v) is 11.9. The molecule has 0 spiro atoms. The third kappa shape index (κ3) is 3.72. The van der Waals surface area contributed by atoms with E-state index in [1.165, 1.54) is 18.2 Å². The van der Waals surface area contributed by atoms with E-state index in [-0.39, 0.29) is 18.2 Å². The molecule has 0 radical (unpaired) electrons. The highest BCUT2D eigenvalue weighted by Gasteiger charge is 2.08. The summed E-state index contributed by atoms with van der Waals surface area (Å²) in [4.78, 5) is 0. The average molecular weight is 288 g/mol. The molecule has 0 aliphatic carbocycles. The number of aryl methyl sites for hydroxylation is 2. The molecule has 110 valence electrons. The minimum atomic E-state index is -0.552.